The van der Waals surface area contributed by atoms with Gasteiger partial charge in [-0.3, -0.25) is 14.5 Å². The van der Waals surface area contributed by atoms with E-state index in [1.54, 1.807) is 50.5 Å². The summed E-state index contributed by atoms with van der Waals surface area (Å²) in [5, 5.41) is 2.92. The van der Waals surface area contributed by atoms with E-state index in [0.717, 1.165) is 29.0 Å². The molecule has 3 N–H and O–H groups in total. The zero-order chi connectivity index (χ0) is 29.2. The molecule has 0 saturated carbocycles. The van der Waals surface area contributed by atoms with E-state index in [0.29, 0.717) is 50.5 Å². The molecule has 1 fully saturated rings. The summed E-state index contributed by atoms with van der Waals surface area (Å²) in [6, 6.07) is 22.5. The van der Waals surface area contributed by atoms with Gasteiger partial charge < -0.3 is 30.2 Å². The first-order valence-corrected chi connectivity index (χ1v) is 13.9. The number of benzene rings is 3. The van der Waals surface area contributed by atoms with Crippen LogP contribution in [0.25, 0.3) is 0 Å². The van der Waals surface area contributed by atoms with E-state index in [4.69, 9.17) is 19.9 Å². The third kappa shape index (κ3) is 7.77. The first kappa shape index (κ1) is 29.9. The average molecular weight is 561 g/mol. The van der Waals surface area contributed by atoms with Crippen LogP contribution in [0, 0.1) is 0 Å². The second-order valence-corrected chi connectivity index (χ2v) is 10.1. The number of methoxy groups -OCH3 is 3. The minimum absolute atomic E-state index is 0.0475. The number of ether oxygens (including phenoxy) is 3. The van der Waals surface area contributed by atoms with Gasteiger partial charge in [-0.2, -0.15) is 0 Å². The zero-order valence-corrected chi connectivity index (χ0v) is 24.0. The van der Waals surface area contributed by atoms with Crippen molar-refractivity contribution in [2.45, 2.75) is 38.0 Å². The number of rotatable bonds is 12. The second-order valence-electron chi connectivity index (χ2n) is 10.1. The summed E-state index contributed by atoms with van der Waals surface area (Å²) in [5.41, 5.74) is 8.41. The Hall–Kier alpha value is -4.08. The Bertz CT molecular complexity index is 1300. The zero-order valence-electron chi connectivity index (χ0n) is 24.0. The van der Waals surface area contributed by atoms with Crippen LogP contribution in [-0.4, -0.2) is 74.7 Å². The molecule has 218 valence electrons. The average Bonchev–Trinajstić information content (AvgIpc) is 3.03. The summed E-state index contributed by atoms with van der Waals surface area (Å²) in [6.07, 6.45) is 1.21. The molecule has 0 radical (unpaired) electrons. The lowest BCUT2D eigenvalue weighted by Crippen LogP contribution is -2.57. The predicted octanol–water partition coefficient (Wildman–Crippen LogP) is 3.46. The highest BCUT2D eigenvalue weighted by molar-refractivity contribution is 5.98. The van der Waals surface area contributed by atoms with E-state index < -0.39 is 6.04 Å². The monoisotopic (exact) mass is 560 g/mol. The molecule has 41 heavy (non-hydrogen) atoms. The SMILES string of the molecule is COc1ccc(CN(Cc2cccc(OC)c2)C2CCN(C(=O)c3cccc(OC)c3)[C@@H](C(=O)NCCN)C2)cc1. The van der Waals surface area contributed by atoms with Crippen molar-refractivity contribution in [1.29, 1.82) is 0 Å². The number of hydrogen-bond donors (Lipinski definition) is 2. The fraction of sp³-hybridized carbons (Fsp3) is 0.375. The standard InChI is InChI=1S/C32H40N4O5/c1-39-27-12-10-23(11-13-27)21-35(22-24-6-4-8-28(18-24)40-2)26-14-17-36(30(20-26)31(37)34-16-15-33)32(38)25-7-5-9-29(19-25)41-3/h4-13,18-19,26,30H,14-17,20-22,33H2,1-3H3,(H,34,37)/t26?,30-/m1/s1. The van der Waals surface area contributed by atoms with Gasteiger partial charge in [-0.1, -0.05) is 30.3 Å². The second kappa shape index (κ2) is 14.5. The molecule has 1 heterocycles. The Labute approximate surface area is 242 Å². The number of carbonyl (C=O) groups excluding carboxylic acids is 2. The number of hydrogen-bond acceptors (Lipinski definition) is 7. The molecule has 1 aliphatic heterocycles. The first-order valence-electron chi connectivity index (χ1n) is 13.9. The number of nitrogens with zero attached hydrogens (tertiary/aromatic N) is 2. The van der Waals surface area contributed by atoms with Gasteiger partial charge in [-0.15, -0.1) is 0 Å². The molecule has 0 bridgehead atoms. The van der Waals surface area contributed by atoms with E-state index in [-0.39, 0.29) is 17.9 Å². The Morgan fingerprint density at radius 1 is 0.878 bits per heavy atom. The molecule has 0 spiro atoms. The molecule has 9 nitrogen and oxygen atoms in total. The number of nitrogens with two attached hydrogens (primary N) is 1. The van der Waals surface area contributed by atoms with Crippen LogP contribution < -0.4 is 25.3 Å². The van der Waals surface area contributed by atoms with E-state index in [2.05, 4.69) is 28.4 Å². The Morgan fingerprint density at radius 3 is 2.22 bits per heavy atom. The van der Waals surface area contributed by atoms with Crippen LogP contribution in [0.3, 0.4) is 0 Å². The van der Waals surface area contributed by atoms with Crippen LogP contribution in [0.4, 0.5) is 0 Å². The van der Waals surface area contributed by atoms with Gasteiger partial charge in [0.25, 0.3) is 5.91 Å². The van der Waals surface area contributed by atoms with Crippen molar-refractivity contribution < 1.29 is 23.8 Å². The Balaban J connectivity index is 1.62. The van der Waals surface area contributed by atoms with Crippen LogP contribution >= 0.6 is 0 Å². The molecule has 2 atom stereocenters. The molecule has 1 aliphatic rings. The highest BCUT2D eigenvalue weighted by Crippen LogP contribution is 2.28. The van der Waals surface area contributed by atoms with Crippen LogP contribution in [0.15, 0.2) is 72.8 Å². The summed E-state index contributed by atoms with van der Waals surface area (Å²) < 4.78 is 16.1. The van der Waals surface area contributed by atoms with Crippen molar-refractivity contribution in [3.05, 3.63) is 89.5 Å². The minimum atomic E-state index is -0.636. The van der Waals surface area contributed by atoms with Gasteiger partial charge in [0.05, 0.1) is 21.3 Å². The van der Waals surface area contributed by atoms with Crippen LogP contribution in [0.2, 0.25) is 0 Å². The summed E-state index contributed by atoms with van der Waals surface area (Å²) in [4.78, 5) is 31.2. The lowest BCUT2D eigenvalue weighted by Gasteiger charge is -2.43. The number of amides is 2. The van der Waals surface area contributed by atoms with Crippen molar-refractivity contribution in [2.24, 2.45) is 5.73 Å². The fourth-order valence-corrected chi connectivity index (χ4v) is 5.29. The van der Waals surface area contributed by atoms with Gasteiger partial charge in [0.15, 0.2) is 0 Å². The van der Waals surface area contributed by atoms with Crippen molar-refractivity contribution in [1.82, 2.24) is 15.1 Å². The van der Waals surface area contributed by atoms with E-state index in [1.807, 2.05) is 30.3 Å². The van der Waals surface area contributed by atoms with Gasteiger partial charge in [0.2, 0.25) is 5.91 Å². The fourth-order valence-electron chi connectivity index (χ4n) is 5.29. The normalized spacial score (nSPS) is 16.8. The third-order valence-corrected chi connectivity index (χ3v) is 7.48. The molecule has 0 aliphatic carbocycles. The van der Waals surface area contributed by atoms with Crippen molar-refractivity contribution in [3.63, 3.8) is 0 Å². The largest absolute Gasteiger partial charge is 0.497 e. The molecular formula is C32H40N4O5. The van der Waals surface area contributed by atoms with Crippen molar-refractivity contribution in [3.8, 4) is 17.2 Å². The summed E-state index contributed by atoms with van der Waals surface area (Å²) in [7, 11) is 4.88. The molecule has 3 aromatic carbocycles. The number of carbonyl (C=O) groups is 2. The maximum atomic E-state index is 13.7. The summed E-state index contributed by atoms with van der Waals surface area (Å²) >= 11 is 0. The van der Waals surface area contributed by atoms with Gasteiger partial charge >= 0.3 is 0 Å². The Morgan fingerprint density at radius 2 is 1.54 bits per heavy atom. The number of piperidine rings is 1. The molecule has 2 amide bonds. The van der Waals surface area contributed by atoms with Gasteiger partial charge in [-0.05, 0) is 66.4 Å². The van der Waals surface area contributed by atoms with E-state index >= 15 is 0 Å². The maximum absolute atomic E-state index is 13.7. The van der Waals surface area contributed by atoms with Gasteiger partial charge in [0.1, 0.15) is 23.3 Å². The topological polar surface area (TPSA) is 106 Å². The third-order valence-electron chi connectivity index (χ3n) is 7.48. The van der Waals surface area contributed by atoms with Crippen LogP contribution in [-0.2, 0) is 17.9 Å². The smallest absolute Gasteiger partial charge is 0.254 e. The lowest BCUT2D eigenvalue weighted by atomic mass is 9.93. The molecule has 4 rings (SSSR count). The van der Waals surface area contributed by atoms with E-state index in [1.165, 1.54) is 0 Å². The van der Waals surface area contributed by atoms with Gasteiger partial charge in [-0.25, -0.2) is 0 Å². The van der Waals surface area contributed by atoms with Crippen molar-refractivity contribution in [2.75, 3.05) is 41.0 Å². The van der Waals surface area contributed by atoms with Crippen LogP contribution in [0.5, 0.6) is 17.2 Å². The summed E-state index contributed by atoms with van der Waals surface area (Å²) in [5.74, 6) is 1.81. The highest BCUT2D eigenvalue weighted by atomic mass is 16.5. The molecule has 1 unspecified atom stereocenters. The van der Waals surface area contributed by atoms with Crippen molar-refractivity contribution >= 4 is 11.8 Å². The quantitative estimate of drug-likeness (QED) is 0.349. The highest BCUT2D eigenvalue weighted by Gasteiger charge is 2.38. The van der Waals surface area contributed by atoms with Crippen LogP contribution in [0.1, 0.15) is 34.3 Å². The number of nitrogens with one attached hydrogen (secondary N) is 1. The molecule has 9 heteroatoms. The molecule has 0 aromatic heterocycles. The number of likely N-dealkylation sites (tertiary alicyclic amines) is 1. The van der Waals surface area contributed by atoms with Gasteiger partial charge in [0, 0.05) is 44.3 Å². The maximum Gasteiger partial charge on any atom is 0.254 e. The predicted molar refractivity (Wildman–Crippen MR) is 158 cm³/mol. The lowest BCUT2D eigenvalue weighted by molar-refractivity contribution is -0.127. The minimum Gasteiger partial charge on any atom is -0.497 e. The Kier molecular flexibility index (Phi) is 10.6. The first-order chi connectivity index (χ1) is 19.9. The molecule has 1 saturated heterocycles. The summed E-state index contributed by atoms with van der Waals surface area (Å²) in [6.45, 7) is 2.45. The van der Waals surface area contributed by atoms with E-state index in [9.17, 15) is 9.59 Å². The molecular weight excluding hydrogens is 520 g/mol. The molecule has 3 aromatic rings.